The number of hydrogen-bond acceptors (Lipinski definition) is 7. The zero-order valence-corrected chi connectivity index (χ0v) is 25.3. The van der Waals surface area contributed by atoms with E-state index in [1.54, 1.807) is 11.0 Å². The van der Waals surface area contributed by atoms with Crippen LogP contribution in [-0.4, -0.2) is 45.1 Å². The monoisotopic (exact) mass is 615 g/mol. The molecular formula is C35H35F2N3O5. The summed E-state index contributed by atoms with van der Waals surface area (Å²) in [5, 5.41) is 9.69. The Morgan fingerprint density at radius 3 is 2.71 bits per heavy atom. The van der Waals surface area contributed by atoms with Crippen molar-refractivity contribution in [3.05, 3.63) is 94.6 Å². The van der Waals surface area contributed by atoms with Gasteiger partial charge in [0.05, 0.1) is 5.69 Å². The maximum Gasteiger partial charge on any atom is 0.387 e. The summed E-state index contributed by atoms with van der Waals surface area (Å²) in [5.41, 5.74) is 4.39. The number of ether oxygens (including phenoxy) is 1. The van der Waals surface area contributed by atoms with E-state index in [1.165, 1.54) is 6.07 Å². The highest BCUT2D eigenvalue weighted by atomic mass is 19.3. The number of oxazole rings is 2. The first-order valence-corrected chi connectivity index (χ1v) is 15.5. The topological polar surface area (TPSA) is 102 Å². The zero-order valence-electron chi connectivity index (χ0n) is 25.3. The molecule has 2 aliphatic carbocycles. The molecular weight excluding hydrogens is 580 g/mol. The summed E-state index contributed by atoms with van der Waals surface area (Å²) in [7, 11) is 0. The third-order valence-corrected chi connectivity index (χ3v) is 9.60. The van der Waals surface area contributed by atoms with Crippen molar-refractivity contribution < 1.29 is 32.3 Å². The number of rotatable bonds is 8. The first-order chi connectivity index (χ1) is 21.7. The molecule has 0 radical (unpaired) electrons. The number of fused-ring (bicyclic) bond motifs is 2. The van der Waals surface area contributed by atoms with Gasteiger partial charge in [0.1, 0.15) is 28.5 Å². The van der Waals surface area contributed by atoms with Gasteiger partial charge in [0.25, 0.3) is 0 Å². The molecule has 3 atom stereocenters. The van der Waals surface area contributed by atoms with Gasteiger partial charge >= 0.3 is 12.6 Å². The van der Waals surface area contributed by atoms with Crippen LogP contribution >= 0.6 is 0 Å². The third-order valence-electron chi connectivity index (χ3n) is 9.60. The molecule has 2 aromatic carbocycles. The van der Waals surface area contributed by atoms with Gasteiger partial charge in [0.2, 0.25) is 11.8 Å². The standard InChI is InChI=1S/C35H35F2N3O5/c1-20-9-3-4-10-23(20)24-11-7-15-35(21(24)2,32-38-25-12-5-6-14-28(25)43-32)33-39-26-17-22(19-40-16-8-13-27(40)31(41)42)29(45-34(36)37)18-30(26)44-33/h3-4,7,9-11,15,17-18,21,27,34H,5-6,8,12-14,16,19H2,1-2H3,(H,41,42)/t21?,27-,35?/m0/s1. The van der Waals surface area contributed by atoms with E-state index in [4.69, 9.17) is 23.5 Å². The molecule has 2 aromatic heterocycles. The van der Waals surface area contributed by atoms with Crippen LogP contribution in [-0.2, 0) is 29.6 Å². The Morgan fingerprint density at radius 1 is 1.13 bits per heavy atom. The number of alkyl halides is 2. The number of halogens is 2. The molecule has 0 saturated carbocycles. The molecule has 0 amide bonds. The molecule has 0 spiro atoms. The first kappa shape index (κ1) is 29.4. The maximum absolute atomic E-state index is 13.6. The van der Waals surface area contributed by atoms with Crippen molar-refractivity contribution in [2.45, 2.75) is 77.0 Å². The van der Waals surface area contributed by atoms with Crippen LogP contribution in [0.3, 0.4) is 0 Å². The lowest BCUT2D eigenvalue weighted by Gasteiger charge is -2.35. The fourth-order valence-electron chi connectivity index (χ4n) is 7.21. The minimum Gasteiger partial charge on any atom is -0.480 e. The maximum atomic E-state index is 13.6. The van der Waals surface area contributed by atoms with Crippen molar-refractivity contribution in [3.8, 4) is 5.75 Å². The number of aryl methyl sites for hydroxylation is 3. The number of likely N-dealkylation sites (tertiary alicyclic amines) is 1. The van der Waals surface area contributed by atoms with Crippen molar-refractivity contribution in [2.75, 3.05) is 6.54 Å². The van der Waals surface area contributed by atoms with Crippen LogP contribution < -0.4 is 4.74 Å². The number of carboxylic acid groups (broad SMARTS) is 1. The Kier molecular flexibility index (Phi) is 7.55. The summed E-state index contributed by atoms with van der Waals surface area (Å²) in [5.74, 6) is 0.504. The molecule has 234 valence electrons. The molecule has 10 heteroatoms. The number of carbonyl (C=O) groups is 1. The van der Waals surface area contributed by atoms with Crippen LogP contribution in [0.25, 0.3) is 16.7 Å². The smallest absolute Gasteiger partial charge is 0.387 e. The van der Waals surface area contributed by atoms with Gasteiger partial charge in [-0.15, -0.1) is 0 Å². The molecule has 45 heavy (non-hydrogen) atoms. The lowest BCUT2D eigenvalue weighted by molar-refractivity contribution is -0.142. The number of benzene rings is 2. The predicted molar refractivity (Wildman–Crippen MR) is 163 cm³/mol. The Morgan fingerprint density at radius 2 is 1.93 bits per heavy atom. The lowest BCUT2D eigenvalue weighted by atomic mass is 9.67. The molecule has 8 nitrogen and oxygen atoms in total. The van der Waals surface area contributed by atoms with E-state index in [1.807, 2.05) is 24.3 Å². The van der Waals surface area contributed by atoms with Crippen LogP contribution in [0.15, 0.2) is 63.5 Å². The Hall–Kier alpha value is -4.31. The second-order valence-corrected chi connectivity index (χ2v) is 12.3. The molecule has 7 rings (SSSR count). The summed E-state index contributed by atoms with van der Waals surface area (Å²) < 4.78 is 45.1. The number of nitrogens with zero attached hydrogens (tertiary/aromatic N) is 3. The number of allylic oxidation sites excluding steroid dienone is 4. The van der Waals surface area contributed by atoms with Gasteiger partial charge in [-0.3, -0.25) is 9.69 Å². The van der Waals surface area contributed by atoms with Crippen molar-refractivity contribution in [3.63, 3.8) is 0 Å². The SMILES string of the molecule is Cc1ccccc1C1=CC=CC(c2nc3c(o2)CCCC3)(c2nc3cc(CN4CCC[C@H]4C(=O)O)c(OC(F)F)cc3o2)C1C. The summed E-state index contributed by atoms with van der Waals surface area (Å²) in [6.07, 6.45) is 11.0. The van der Waals surface area contributed by atoms with Crippen molar-refractivity contribution in [2.24, 2.45) is 5.92 Å². The van der Waals surface area contributed by atoms with Crippen LogP contribution in [0, 0.1) is 12.8 Å². The second kappa shape index (κ2) is 11.6. The Bertz CT molecular complexity index is 1800. The normalized spacial score (nSPS) is 23.4. The number of aromatic nitrogens is 2. The minimum absolute atomic E-state index is 0.0652. The van der Waals surface area contributed by atoms with Crippen LogP contribution in [0.4, 0.5) is 8.78 Å². The summed E-state index contributed by atoms with van der Waals surface area (Å²) in [6, 6.07) is 10.6. The number of carboxylic acids is 1. The molecule has 3 aliphatic rings. The second-order valence-electron chi connectivity index (χ2n) is 12.3. The Labute approximate surface area is 259 Å². The van der Waals surface area contributed by atoms with E-state index >= 15 is 0 Å². The summed E-state index contributed by atoms with van der Waals surface area (Å²) in [6.45, 7) is 1.79. The molecule has 1 saturated heterocycles. The molecule has 3 heterocycles. The quantitative estimate of drug-likeness (QED) is 0.222. The minimum atomic E-state index is -3.06. The molecule has 2 unspecified atom stereocenters. The van der Waals surface area contributed by atoms with Gasteiger partial charge in [-0.25, -0.2) is 9.97 Å². The van der Waals surface area contributed by atoms with E-state index in [9.17, 15) is 18.7 Å². The largest absolute Gasteiger partial charge is 0.480 e. The lowest BCUT2D eigenvalue weighted by Crippen LogP contribution is -2.36. The van der Waals surface area contributed by atoms with Crippen molar-refractivity contribution in [1.29, 1.82) is 0 Å². The van der Waals surface area contributed by atoms with Gasteiger partial charge in [-0.1, -0.05) is 49.4 Å². The van der Waals surface area contributed by atoms with E-state index < -0.39 is 24.0 Å². The average molecular weight is 616 g/mol. The fraction of sp³-hybridized carbons (Fsp3) is 0.400. The molecule has 1 fully saturated rings. The number of hydrogen-bond donors (Lipinski definition) is 1. The van der Waals surface area contributed by atoms with Crippen molar-refractivity contribution in [1.82, 2.24) is 14.9 Å². The van der Waals surface area contributed by atoms with E-state index in [2.05, 4.69) is 32.1 Å². The molecule has 4 aromatic rings. The zero-order chi connectivity index (χ0) is 31.3. The van der Waals surface area contributed by atoms with Gasteiger partial charge in [0, 0.05) is 30.5 Å². The fourth-order valence-corrected chi connectivity index (χ4v) is 7.21. The Balaban J connectivity index is 1.37. The molecule has 0 bridgehead atoms. The van der Waals surface area contributed by atoms with Gasteiger partial charge < -0.3 is 18.7 Å². The number of aliphatic carboxylic acids is 1. The highest BCUT2D eigenvalue weighted by molar-refractivity contribution is 5.79. The average Bonchev–Trinajstić information content (AvgIpc) is 3.76. The van der Waals surface area contributed by atoms with Gasteiger partial charge in [-0.05, 0) is 68.3 Å². The summed E-state index contributed by atoms with van der Waals surface area (Å²) >= 11 is 0. The highest BCUT2D eigenvalue weighted by Gasteiger charge is 2.50. The van der Waals surface area contributed by atoms with Crippen LogP contribution in [0.1, 0.15) is 72.5 Å². The van der Waals surface area contributed by atoms with Gasteiger partial charge in [-0.2, -0.15) is 8.78 Å². The predicted octanol–water partition coefficient (Wildman–Crippen LogP) is 7.23. The molecule has 1 N–H and O–H groups in total. The van der Waals surface area contributed by atoms with E-state index in [0.717, 1.165) is 53.8 Å². The van der Waals surface area contributed by atoms with Crippen molar-refractivity contribution >= 4 is 22.6 Å². The van der Waals surface area contributed by atoms with E-state index in [-0.39, 0.29) is 23.8 Å². The third kappa shape index (κ3) is 5.14. The van der Waals surface area contributed by atoms with Crippen LogP contribution in [0.5, 0.6) is 5.75 Å². The summed E-state index contributed by atoms with van der Waals surface area (Å²) in [4.78, 5) is 23.6. The van der Waals surface area contributed by atoms with Gasteiger partial charge in [0.15, 0.2) is 5.58 Å². The van der Waals surface area contributed by atoms with E-state index in [0.29, 0.717) is 42.2 Å². The van der Waals surface area contributed by atoms with Crippen LogP contribution in [0.2, 0.25) is 0 Å². The molecule has 1 aliphatic heterocycles. The highest BCUT2D eigenvalue weighted by Crippen LogP contribution is 2.50. The first-order valence-electron chi connectivity index (χ1n) is 15.5.